The van der Waals surface area contributed by atoms with E-state index in [0.717, 1.165) is 11.1 Å². The van der Waals surface area contributed by atoms with Gasteiger partial charge in [-0.1, -0.05) is 30.3 Å². The Hall–Kier alpha value is -3.45. The second-order valence-electron chi connectivity index (χ2n) is 7.47. The van der Waals surface area contributed by atoms with Crippen LogP contribution in [0.15, 0.2) is 59.0 Å². The Morgan fingerprint density at radius 1 is 1.00 bits per heavy atom. The van der Waals surface area contributed by atoms with Gasteiger partial charge in [0.1, 0.15) is 23.0 Å². The maximum Gasteiger partial charge on any atom is 0.289 e. The molecule has 0 spiro atoms. The van der Waals surface area contributed by atoms with E-state index in [1.165, 1.54) is 4.90 Å². The lowest BCUT2D eigenvalue weighted by molar-refractivity contribution is 0.0460. The molecule has 0 unspecified atom stereocenters. The summed E-state index contributed by atoms with van der Waals surface area (Å²) < 4.78 is 22.1. The van der Waals surface area contributed by atoms with E-state index in [1.807, 2.05) is 30.3 Å². The third-order valence-electron chi connectivity index (χ3n) is 5.57. The van der Waals surface area contributed by atoms with Gasteiger partial charge in [-0.05, 0) is 24.6 Å². The predicted octanol–water partition coefficient (Wildman–Crippen LogP) is 4.09. The first-order valence-electron chi connectivity index (χ1n) is 10.3. The van der Waals surface area contributed by atoms with E-state index in [-0.39, 0.29) is 11.7 Å². The zero-order valence-electron chi connectivity index (χ0n) is 19.0. The lowest BCUT2D eigenvalue weighted by Crippen LogP contribution is -2.38. The Kier molecular flexibility index (Phi) is 7.43. The SMILES string of the molecule is COc1cc(OC)c(Cc2ccc(C(=O)N(C)[C@@H](C)[C@H](O)c3ccccc3)o2)c(OC)c1. The van der Waals surface area contributed by atoms with Gasteiger partial charge in [-0.2, -0.15) is 0 Å². The number of carbonyl (C=O) groups is 1. The number of methoxy groups -OCH3 is 3. The normalized spacial score (nSPS) is 12.7. The van der Waals surface area contributed by atoms with Crippen molar-refractivity contribution in [1.29, 1.82) is 0 Å². The summed E-state index contributed by atoms with van der Waals surface area (Å²) in [6, 6.07) is 15.7. The number of amides is 1. The largest absolute Gasteiger partial charge is 0.496 e. The van der Waals surface area contributed by atoms with Gasteiger partial charge in [-0.3, -0.25) is 4.79 Å². The van der Waals surface area contributed by atoms with Gasteiger partial charge in [0, 0.05) is 31.2 Å². The van der Waals surface area contributed by atoms with E-state index in [2.05, 4.69) is 0 Å². The number of ether oxygens (including phenoxy) is 3. The minimum atomic E-state index is -0.813. The van der Waals surface area contributed by atoms with Gasteiger partial charge >= 0.3 is 0 Å². The van der Waals surface area contributed by atoms with Crippen molar-refractivity contribution in [2.75, 3.05) is 28.4 Å². The zero-order chi connectivity index (χ0) is 23.3. The molecule has 0 bridgehead atoms. The molecule has 2 aromatic carbocycles. The van der Waals surface area contributed by atoms with Crippen LogP contribution in [0.25, 0.3) is 0 Å². The van der Waals surface area contributed by atoms with Crippen LogP contribution in [-0.2, 0) is 6.42 Å². The number of aliphatic hydroxyl groups excluding tert-OH is 1. The Morgan fingerprint density at radius 2 is 1.62 bits per heavy atom. The molecule has 170 valence electrons. The molecule has 0 saturated carbocycles. The molecule has 1 heterocycles. The number of rotatable bonds is 9. The second kappa shape index (κ2) is 10.2. The Balaban J connectivity index is 1.78. The van der Waals surface area contributed by atoms with Crippen molar-refractivity contribution in [3.8, 4) is 17.2 Å². The average molecular weight is 440 g/mol. The van der Waals surface area contributed by atoms with Crippen molar-refractivity contribution in [3.63, 3.8) is 0 Å². The molecule has 1 amide bonds. The smallest absolute Gasteiger partial charge is 0.289 e. The quantitative estimate of drug-likeness (QED) is 0.541. The third-order valence-corrected chi connectivity index (χ3v) is 5.57. The molecule has 0 radical (unpaired) electrons. The number of benzene rings is 2. The lowest BCUT2D eigenvalue weighted by Gasteiger charge is -2.28. The summed E-state index contributed by atoms with van der Waals surface area (Å²) in [7, 11) is 6.37. The van der Waals surface area contributed by atoms with Gasteiger partial charge < -0.3 is 28.6 Å². The van der Waals surface area contributed by atoms with Crippen molar-refractivity contribution in [2.24, 2.45) is 0 Å². The minimum absolute atomic E-state index is 0.195. The highest BCUT2D eigenvalue weighted by atomic mass is 16.5. The van der Waals surface area contributed by atoms with Crippen LogP contribution in [0.3, 0.4) is 0 Å². The molecular formula is C25H29NO6. The van der Waals surface area contributed by atoms with Gasteiger partial charge in [0.15, 0.2) is 5.76 Å². The molecule has 3 aromatic rings. The van der Waals surface area contributed by atoms with Crippen LogP contribution < -0.4 is 14.2 Å². The van der Waals surface area contributed by atoms with Gasteiger partial charge in [-0.15, -0.1) is 0 Å². The monoisotopic (exact) mass is 439 g/mol. The van der Waals surface area contributed by atoms with E-state index in [0.29, 0.717) is 29.4 Å². The van der Waals surface area contributed by atoms with E-state index in [4.69, 9.17) is 18.6 Å². The maximum atomic E-state index is 13.0. The standard InChI is InChI=1S/C25H29NO6/c1-16(24(27)17-9-7-6-8-10-17)26(2)25(28)21-12-11-18(32-21)13-20-22(30-4)14-19(29-3)15-23(20)31-5/h6-12,14-16,24,27H,13H2,1-5H3/t16-,24-/m0/s1. The number of carbonyl (C=O) groups excluding carboxylic acids is 1. The molecule has 1 aromatic heterocycles. The molecular weight excluding hydrogens is 410 g/mol. The summed E-state index contributed by atoms with van der Waals surface area (Å²) in [4.78, 5) is 14.5. The highest BCUT2D eigenvalue weighted by Gasteiger charge is 2.27. The molecule has 0 aliphatic heterocycles. The molecule has 3 rings (SSSR count). The highest BCUT2D eigenvalue weighted by molar-refractivity contribution is 5.91. The van der Waals surface area contributed by atoms with Crippen LogP contribution in [0, 0.1) is 0 Å². The minimum Gasteiger partial charge on any atom is -0.496 e. The Labute approximate surface area is 188 Å². The van der Waals surface area contributed by atoms with Crippen molar-refractivity contribution < 1.29 is 28.5 Å². The number of hydrogen-bond acceptors (Lipinski definition) is 6. The number of nitrogens with zero attached hydrogens (tertiary/aromatic N) is 1. The van der Waals surface area contributed by atoms with Gasteiger partial charge in [0.25, 0.3) is 5.91 Å². The number of aliphatic hydroxyl groups is 1. The van der Waals surface area contributed by atoms with Crippen LogP contribution in [0.5, 0.6) is 17.2 Å². The van der Waals surface area contributed by atoms with Crippen LogP contribution >= 0.6 is 0 Å². The molecule has 0 aliphatic rings. The summed E-state index contributed by atoms with van der Waals surface area (Å²) in [5.74, 6) is 2.28. The molecule has 2 atom stereocenters. The summed E-state index contributed by atoms with van der Waals surface area (Å²) in [6.45, 7) is 1.80. The fourth-order valence-electron chi connectivity index (χ4n) is 3.51. The zero-order valence-corrected chi connectivity index (χ0v) is 19.0. The topological polar surface area (TPSA) is 81.4 Å². The summed E-state index contributed by atoms with van der Waals surface area (Å²) in [6.07, 6.45) is -0.442. The van der Waals surface area contributed by atoms with Crippen LogP contribution in [0.4, 0.5) is 0 Å². The molecule has 1 N–H and O–H groups in total. The Bertz CT molecular complexity index is 1020. The fraction of sp³-hybridized carbons (Fsp3) is 0.320. The average Bonchev–Trinajstić information content (AvgIpc) is 3.31. The molecule has 0 aliphatic carbocycles. The van der Waals surface area contributed by atoms with Crippen LogP contribution in [0.2, 0.25) is 0 Å². The summed E-state index contributed by atoms with van der Waals surface area (Å²) in [5, 5.41) is 10.7. The highest BCUT2D eigenvalue weighted by Crippen LogP contribution is 2.36. The molecule has 7 heteroatoms. The summed E-state index contributed by atoms with van der Waals surface area (Å²) in [5.41, 5.74) is 1.53. The van der Waals surface area contributed by atoms with Crippen molar-refractivity contribution in [1.82, 2.24) is 4.90 Å². The van der Waals surface area contributed by atoms with Gasteiger partial charge in [-0.25, -0.2) is 0 Å². The van der Waals surface area contributed by atoms with Crippen molar-refractivity contribution >= 4 is 5.91 Å². The van der Waals surface area contributed by atoms with Crippen molar-refractivity contribution in [2.45, 2.75) is 25.5 Å². The third kappa shape index (κ3) is 4.89. The van der Waals surface area contributed by atoms with Crippen LogP contribution in [0.1, 0.15) is 40.5 Å². The molecule has 7 nitrogen and oxygen atoms in total. The fourth-order valence-corrected chi connectivity index (χ4v) is 3.51. The predicted molar refractivity (Wildman–Crippen MR) is 121 cm³/mol. The first-order chi connectivity index (χ1) is 15.4. The number of furan rings is 1. The van der Waals surface area contributed by atoms with E-state index in [1.54, 1.807) is 59.6 Å². The molecule has 0 saturated heterocycles. The van der Waals surface area contributed by atoms with Crippen LogP contribution in [-0.4, -0.2) is 50.3 Å². The van der Waals surface area contributed by atoms with E-state index >= 15 is 0 Å². The van der Waals surface area contributed by atoms with Gasteiger partial charge in [0.05, 0.1) is 33.5 Å². The summed E-state index contributed by atoms with van der Waals surface area (Å²) >= 11 is 0. The van der Waals surface area contributed by atoms with Crippen molar-refractivity contribution in [3.05, 3.63) is 77.2 Å². The maximum absolute atomic E-state index is 13.0. The lowest BCUT2D eigenvalue weighted by atomic mass is 10.0. The van der Waals surface area contributed by atoms with E-state index in [9.17, 15) is 9.90 Å². The van der Waals surface area contributed by atoms with Gasteiger partial charge in [0.2, 0.25) is 0 Å². The first-order valence-corrected chi connectivity index (χ1v) is 10.3. The molecule has 0 fully saturated rings. The second-order valence-corrected chi connectivity index (χ2v) is 7.47. The number of hydrogen-bond donors (Lipinski definition) is 1. The number of likely N-dealkylation sites (N-methyl/N-ethyl adjacent to an activating group) is 1. The first kappa shape index (κ1) is 23.2. The molecule has 32 heavy (non-hydrogen) atoms. The Morgan fingerprint density at radius 3 is 2.19 bits per heavy atom. The van der Waals surface area contributed by atoms with E-state index < -0.39 is 12.1 Å².